The van der Waals surface area contributed by atoms with Crippen LogP contribution in [0.1, 0.15) is 95.9 Å². The molecule has 2 aliphatic carbocycles. The summed E-state index contributed by atoms with van der Waals surface area (Å²) in [4.78, 5) is 19.6. The van der Waals surface area contributed by atoms with E-state index in [1.165, 1.54) is 23.1 Å². The Morgan fingerprint density at radius 1 is 0.623 bits per heavy atom. The molecule has 0 amide bonds. The number of rotatable bonds is 2. The van der Waals surface area contributed by atoms with Crippen molar-refractivity contribution < 1.29 is 40.2 Å². The van der Waals surface area contributed by atoms with Gasteiger partial charge in [-0.05, 0) is 128 Å². The van der Waals surface area contributed by atoms with Crippen molar-refractivity contribution in [3.8, 4) is 23.0 Å². The van der Waals surface area contributed by atoms with Crippen molar-refractivity contribution in [1.29, 1.82) is 0 Å². The van der Waals surface area contributed by atoms with Crippen LogP contribution in [-0.2, 0) is 10.2 Å². The second-order valence-corrected chi connectivity index (χ2v) is 15.9. The normalized spacial score (nSPS) is 17.6. The highest BCUT2D eigenvalue weighted by Crippen LogP contribution is 2.54. The van der Waals surface area contributed by atoms with Gasteiger partial charge in [-0.2, -0.15) is 0 Å². The van der Waals surface area contributed by atoms with Crippen LogP contribution in [0.3, 0.4) is 0 Å². The third-order valence-corrected chi connectivity index (χ3v) is 9.21. The van der Waals surface area contributed by atoms with E-state index in [4.69, 9.17) is 25.2 Å². The van der Waals surface area contributed by atoms with Crippen LogP contribution in [0.2, 0.25) is 0 Å². The molecule has 8 nitrogen and oxygen atoms in total. The lowest BCUT2D eigenvalue weighted by Crippen LogP contribution is -2.41. The molecule has 0 bridgehead atoms. The zero-order chi connectivity index (χ0) is 40.0. The predicted octanol–water partition coefficient (Wildman–Crippen LogP) is 11.2. The maximum Gasteiger partial charge on any atom is 0.503 e. The molecule has 8 heteroatoms. The number of benzene rings is 4. The van der Waals surface area contributed by atoms with E-state index in [2.05, 4.69) is 58.9 Å². The van der Waals surface area contributed by atoms with Gasteiger partial charge >= 0.3 is 6.16 Å². The Labute approximate surface area is 315 Å². The van der Waals surface area contributed by atoms with Crippen LogP contribution in [0.5, 0.6) is 23.0 Å². The molecule has 0 heterocycles. The summed E-state index contributed by atoms with van der Waals surface area (Å²) in [7, 11) is 0. The first-order valence-electron chi connectivity index (χ1n) is 17.8. The van der Waals surface area contributed by atoms with Gasteiger partial charge in [0.2, 0.25) is 0 Å². The fourth-order valence-corrected chi connectivity index (χ4v) is 7.61. The molecule has 6 rings (SSSR count). The standard InChI is InChI=1S/C23H30O2.C9H14O.2C6H6O.CH2O3/c1-15-12-22(4,5)14-23(13-15,18-6-8-20(24)16(2)10-18)19-7-9-21(25)17(3)11-19;1-7-4-8(10)6-9(2,3)5-7;2*7-6-4-2-1-3-5-6;2-1(3)4/h6-11,15,24-25H,12-14H2,1-5H3;4H,5-6H2,1-3H3;2*1-5,7H;(H2,2,3,4). The van der Waals surface area contributed by atoms with Crippen LogP contribution in [0.15, 0.2) is 109 Å². The van der Waals surface area contributed by atoms with Crippen LogP contribution < -0.4 is 0 Å². The molecule has 286 valence electrons. The number of carbonyl (C=O) groups is 2. The molecule has 4 aromatic carbocycles. The van der Waals surface area contributed by atoms with Crippen molar-refractivity contribution in [2.75, 3.05) is 0 Å². The van der Waals surface area contributed by atoms with Crippen molar-refractivity contribution in [2.24, 2.45) is 16.7 Å². The van der Waals surface area contributed by atoms with Gasteiger partial charge in [-0.1, -0.05) is 101 Å². The molecule has 1 atom stereocenters. The smallest absolute Gasteiger partial charge is 0.503 e. The molecular formula is C45H58O8. The van der Waals surface area contributed by atoms with Gasteiger partial charge in [0.15, 0.2) is 5.78 Å². The zero-order valence-corrected chi connectivity index (χ0v) is 32.4. The number of carboxylic acid groups (broad SMARTS) is 2. The lowest BCUT2D eigenvalue weighted by atomic mass is 9.55. The topological polar surface area (TPSA) is 156 Å². The number of hydrogen-bond donors (Lipinski definition) is 6. The van der Waals surface area contributed by atoms with Gasteiger partial charge in [-0.25, -0.2) is 4.79 Å². The number of allylic oxidation sites excluding steroid dienone is 2. The first kappa shape index (κ1) is 43.9. The summed E-state index contributed by atoms with van der Waals surface area (Å²) in [6, 6.07) is 29.5. The molecule has 6 N–H and O–H groups in total. The fourth-order valence-electron chi connectivity index (χ4n) is 7.61. The average molecular weight is 727 g/mol. The Bertz CT molecular complexity index is 1700. The SMILES string of the molecule is CC1=CC(=O)CC(C)(C)C1.Cc1cc(C2(c3ccc(O)c(C)c3)CC(C)CC(C)(C)C2)ccc1O.O=C(O)O.Oc1ccccc1.Oc1ccccc1. The van der Waals surface area contributed by atoms with Crippen LogP contribution in [0, 0.1) is 30.6 Å². The van der Waals surface area contributed by atoms with Crippen molar-refractivity contribution in [1.82, 2.24) is 0 Å². The molecular weight excluding hydrogens is 668 g/mol. The summed E-state index contributed by atoms with van der Waals surface area (Å²) in [5, 5.41) is 51.2. The number of phenols is 4. The quantitative estimate of drug-likeness (QED) is 0.119. The van der Waals surface area contributed by atoms with Crippen molar-refractivity contribution in [2.45, 2.75) is 92.9 Å². The van der Waals surface area contributed by atoms with Gasteiger partial charge in [0.1, 0.15) is 23.0 Å². The van der Waals surface area contributed by atoms with Gasteiger partial charge in [0.05, 0.1) is 0 Å². The van der Waals surface area contributed by atoms with Crippen LogP contribution in [0.25, 0.3) is 0 Å². The highest BCUT2D eigenvalue weighted by Gasteiger charge is 2.45. The van der Waals surface area contributed by atoms with E-state index in [0.717, 1.165) is 30.4 Å². The second-order valence-electron chi connectivity index (χ2n) is 15.9. The number of ketones is 1. The van der Waals surface area contributed by atoms with Gasteiger partial charge in [-0.15, -0.1) is 0 Å². The molecule has 0 spiro atoms. The van der Waals surface area contributed by atoms with Crippen molar-refractivity contribution in [3.05, 3.63) is 131 Å². The minimum atomic E-state index is -1.83. The summed E-state index contributed by atoms with van der Waals surface area (Å²) >= 11 is 0. The van der Waals surface area contributed by atoms with Gasteiger partial charge in [-0.3, -0.25) is 4.79 Å². The number of hydrogen-bond acceptors (Lipinski definition) is 6. The number of phenolic OH excluding ortho intramolecular Hbond substituents is 4. The summed E-state index contributed by atoms with van der Waals surface area (Å²) in [6.45, 7) is 17.3. The monoisotopic (exact) mass is 726 g/mol. The highest BCUT2D eigenvalue weighted by atomic mass is 16.6. The predicted molar refractivity (Wildman–Crippen MR) is 212 cm³/mol. The van der Waals surface area contributed by atoms with E-state index in [1.54, 1.807) is 54.6 Å². The highest BCUT2D eigenvalue weighted by molar-refractivity contribution is 5.91. The maximum atomic E-state index is 11.0. The minimum Gasteiger partial charge on any atom is -0.508 e. The number of aromatic hydroxyl groups is 4. The third kappa shape index (κ3) is 15.1. The van der Waals surface area contributed by atoms with E-state index >= 15 is 0 Å². The lowest BCUT2D eigenvalue weighted by Gasteiger charge is -2.49. The summed E-state index contributed by atoms with van der Waals surface area (Å²) < 4.78 is 0. The molecule has 0 aromatic heterocycles. The van der Waals surface area contributed by atoms with Gasteiger partial charge < -0.3 is 30.6 Å². The van der Waals surface area contributed by atoms with Gasteiger partial charge in [0.25, 0.3) is 0 Å². The second kappa shape index (κ2) is 19.6. The summed E-state index contributed by atoms with van der Waals surface area (Å²) in [6.07, 6.45) is 5.10. The molecule has 0 radical (unpaired) electrons. The Morgan fingerprint density at radius 2 is 1.04 bits per heavy atom. The largest absolute Gasteiger partial charge is 0.508 e. The molecule has 1 saturated carbocycles. The Balaban J connectivity index is 0.000000281. The van der Waals surface area contributed by atoms with Crippen molar-refractivity contribution >= 4 is 11.9 Å². The van der Waals surface area contributed by atoms with E-state index in [9.17, 15) is 15.0 Å². The lowest BCUT2D eigenvalue weighted by molar-refractivity contribution is -0.117. The summed E-state index contributed by atoms with van der Waals surface area (Å²) in [5.41, 5.74) is 5.97. The van der Waals surface area contributed by atoms with E-state index in [-0.39, 0.29) is 22.0 Å². The fraction of sp³-hybridized carbons (Fsp3) is 0.378. The number of para-hydroxylation sites is 2. The molecule has 4 aromatic rings. The molecule has 0 saturated heterocycles. The molecule has 0 aliphatic heterocycles. The first-order chi connectivity index (χ1) is 24.6. The maximum absolute atomic E-state index is 11.0. The molecule has 53 heavy (non-hydrogen) atoms. The van der Waals surface area contributed by atoms with Gasteiger partial charge in [0, 0.05) is 11.8 Å². The van der Waals surface area contributed by atoms with E-state index in [0.29, 0.717) is 35.3 Å². The Morgan fingerprint density at radius 3 is 1.34 bits per heavy atom. The zero-order valence-electron chi connectivity index (χ0n) is 32.4. The number of carbonyl (C=O) groups excluding carboxylic acids is 1. The molecule has 1 unspecified atom stereocenters. The average Bonchev–Trinajstić information content (AvgIpc) is 3.03. The minimum absolute atomic E-state index is 0.0852. The molecule has 2 aliphatic rings. The van der Waals surface area contributed by atoms with Crippen LogP contribution in [-0.4, -0.2) is 42.6 Å². The Kier molecular flexibility index (Phi) is 16.2. The van der Waals surface area contributed by atoms with E-state index < -0.39 is 6.16 Å². The summed E-state index contributed by atoms with van der Waals surface area (Å²) in [5.74, 6) is 2.25. The van der Waals surface area contributed by atoms with Crippen LogP contribution in [0.4, 0.5) is 4.79 Å². The first-order valence-corrected chi connectivity index (χ1v) is 17.8. The van der Waals surface area contributed by atoms with Crippen molar-refractivity contribution in [3.63, 3.8) is 0 Å². The number of aryl methyl sites for hydroxylation is 2. The van der Waals surface area contributed by atoms with E-state index in [1.807, 2.05) is 45.0 Å². The van der Waals surface area contributed by atoms with Crippen LogP contribution >= 0.6 is 0 Å². The third-order valence-electron chi connectivity index (χ3n) is 9.21. The Hall–Kier alpha value is -5.24. The molecule has 1 fully saturated rings.